The summed E-state index contributed by atoms with van der Waals surface area (Å²) in [5, 5.41) is 10.2. The van der Waals surface area contributed by atoms with Crippen LogP contribution in [0.25, 0.3) is 22.3 Å². The number of aromatic nitrogens is 4. The Labute approximate surface area is 250 Å². The molecule has 0 amide bonds. The van der Waals surface area contributed by atoms with Crippen molar-refractivity contribution in [3.05, 3.63) is 106 Å². The van der Waals surface area contributed by atoms with Crippen LogP contribution in [0.4, 0.5) is 8.78 Å². The fourth-order valence-electron chi connectivity index (χ4n) is 5.31. The summed E-state index contributed by atoms with van der Waals surface area (Å²) in [6.07, 6.45) is 1.40. The van der Waals surface area contributed by atoms with Crippen LogP contribution in [0.15, 0.2) is 66.9 Å². The molecule has 1 fully saturated rings. The van der Waals surface area contributed by atoms with Crippen molar-refractivity contribution in [2.45, 2.75) is 32.9 Å². The summed E-state index contributed by atoms with van der Waals surface area (Å²) in [4.78, 5) is 24.8. The zero-order valence-electron chi connectivity index (χ0n) is 23.4. The van der Waals surface area contributed by atoms with E-state index in [4.69, 9.17) is 26.1 Å². The van der Waals surface area contributed by atoms with Crippen molar-refractivity contribution < 1.29 is 28.2 Å². The van der Waals surface area contributed by atoms with Crippen LogP contribution in [-0.2, 0) is 17.8 Å². The van der Waals surface area contributed by atoms with E-state index in [1.165, 1.54) is 18.3 Å². The number of hydrogen-bond donors (Lipinski definition) is 1. The Morgan fingerprint density at radius 3 is 2.60 bits per heavy atom. The standard InChI is InChI=1S/C32H27ClF2N4O4/c1-32(2)17-42-16-28(32)39-27-12-19(30(40)41)5-8-26(27)37-29(39)13-20-11-24(35)22(14-23(20)34)25-9-10-36-31(38-25)43-15-18-3-6-21(33)7-4-18/h3-12,14,28H,13,15-17H2,1-2H3,(H,40,41). The van der Waals surface area contributed by atoms with E-state index in [9.17, 15) is 9.90 Å². The molecular weight excluding hydrogens is 578 g/mol. The molecular formula is C32H27ClF2N4O4. The summed E-state index contributed by atoms with van der Waals surface area (Å²) in [5.41, 5.74) is 2.05. The molecule has 5 aromatic rings. The molecule has 2 aromatic heterocycles. The highest BCUT2D eigenvalue weighted by molar-refractivity contribution is 6.30. The molecule has 0 saturated carbocycles. The summed E-state index contributed by atoms with van der Waals surface area (Å²) >= 11 is 5.92. The summed E-state index contributed by atoms with van der Waals surface area (Å²) in [7, 11) is 0. The summed E-state index contributed by atoms with van der Waals surface area (Å²) in [5.74, 6) is -1.89. The minimum atomic E-state index is -1.06. The molecule has 3 heterocycles. The van der Waals surface area contributed by atoms with Gasteiger partial charge in [-0.25, -0.2) is 23.5 Å². The highest BCUT2D eigenvalue weighted by Crippen LogP contribution is 2.40. The third-order valence-corrected chi connectivity index (χ3v) is 7.90. The molecule has 8 nitrogen and oxygen atoms in total. The number of fused-ring (bicyclic) bond motifs is 1. The van der Waals surface area contributed by atoms with Gasteiger partial charge < -0.3 is 19.1 Å². The zero-order chi connectivity index (χ0) is 30.3. The Kier molecular flexibility index (Phi) is 7.57. The minimum Gasteiger partial charge on any atom is -0.478 e. The average molecular weight is 605 g/mol. The van der Waals surface area contributed by atoms with Crippen LogP contribution in [0, 0.1) is 17.0 Å². The predicted molar refractivity (Wildman–Crippen MR) is 156 cm³/mol. The number of ether oxygens (including phenoxy) is 2. The molecule has 6 rings (SSSR count). The van der Waals surface area contributed by atoms with E-state index in [2.05, 4.69) is 9.97 Å². The molecule has 3 aromatic carbocycles. The lowest BCUT2D eigenvalue weighted by Crippen LogP contribution is -2.27. The number of aromatic carboxylic acids is 1. The van der Waals surface area contributed by atoms with Gasteiger partial charge in [0.1, 0.15) is 24.1 Å². The van der Waals surface area contributed by atoms with Crippen LogP contribution < -0.4 is 4.74 Å². The van der Waals surface area contributed by atoms with Crippen molar-refractivity contribution in [3.63, 3.8) is 0 Å². The van der Waals surface area contributed by atoms with E-state index >= 15 is 8.78 Å². The lowest BCUT2D eigenvalue weighted by molar-refractivity contribution is 0.0697. The van der Waals surface area contributed by atoms with Crippen molar-refractivity contribution in [2.75, 3.05) is 13.2 Å². The Balaban J connectivity index is 1.32. The SMILES string of the molecule is CC1(C)COCC1n1c(Cc2cc(F)c(-c3ccnc(OCc4ccc(Cl)cc4)n3)cc2F)nc2ccc(C(=O)O)cc21. The molecule has 1 unspecified atom stereocenters. The molecule has 0 bridgehead atoms. The molecule has 220 valence electrons. The second-order valence-electron chi connectivity index (χ2n) is 11.2. The van der Waals surface area contributed by atoms with Gasteiger partial charge in [0, 0.05) is 28.6 Å². The van der Waals surface area contributed by atoms with Gasteiger partial charge in [-0.1, -0.05) is 37.6 Å². The van der Waals surface area contributed by atoms with Gasteiger partial charge in [-0.3, -0.25) is 0 Å². The Hall–Kier alpha value is -4.41. The number of carbonyl (C=O) groups is 1. The molecule has 1 aliphatic heterocycles. The first-order valence-electron chi connectivity index (χ1n) is 13.6. The van der Waals surface area contributed by atoms with E-state index in [-0.39, 0.29) is 52.9 Å². The van der Waals surface area contributed by atoms with Crippen LogP contribution in [0.1, 0.15) is 47.2 Å². The Bertz CT molecular complexity index is 1840. The predicted octanol–water partition coefficient (Wildman–Crippen LogP) is 6.89. The van der Waals surface area contributed by atoms with E-state index in [1.54, 1.807) is 36.4 Å². The Morgan fingerprint density at radius 2 is 1.88 bits per heavy atom. The molecule has 1 N–H and O–H groups in total. The van der Waals surface area contributed by atoms with Crippen LogP contribution >= 0.6 is 11.6 Å². The van der Waals surface area contributed by atoms with E-state index in [0.717, 1.165) is 17.7 Å². The van der Waals surface area contributed by atoms with E-state index in [0.29, 0.717) is 35.1 Å². The third kappa shape index (κ3) is 5.80. The van der Waals surface area contributed by atoms with Crippen molar-refractivity contribution in [1.29, 1.82) is 0 Å². The number of nitrogens with zero attached hydrogens (tertiary/aromatic N) is 4. The fourth-order valence-corrected chi connectivity index (χ4v) is 5.43. The first-order valence-corrected chi connectivity index (χ1v) is 14.0. The van der Waals surface area contributed by atoms with Gasteiger partial charge >= 0.3 is 12.0 Å². The second kappa shape index (κ2) is 11.3. The smallest absolute Gasteiger partial charge is 0.335 e. The fraction of sp³-hybridized carbons (Fsp3) is 0.250. The van der Waals surface area contributed by atoms with Gasteiger partial charge in [0.25, 0.3) is 0 Å². The first kappa shape index (κ1) is 28.7. The van der Waals surface area contributed by atoms with Gasteiger partial charge in [0.05, 0.1) is 41.5 Å². The maximum Gasteiger partial charge on any atom is 0.335 e. The Morgan fingerprint density at radius 1 is 1.09 bits per heavy atom. The average Bonchev–Trinajstić information content (AvgIpc) is 3.51. The third-order valence-electron chi connectivity index (χ3n) is 7.65. The second-order valence-corrected chi connectivity index (χ2v) is 11.6. The highest BCUT2D eigenvalue weighted by Gasteiger charge is 2.39. The summed E-state index contributed by atoms with van der Waals surface area (Å²) < 4.78 is 44.5. The summed E-state index contributed by atoms with van der Waals surface area (Å²) in [6.45, 7) is 5.15. The number of imidazole rings is 1. The molecule has 1 saturated heterocycles. The van der Waals surface area contributed by atoms with Gasteiger partial charge in [-0.15, -0.1) is 0 Å². The van der Waals surface area contributed by atoms with Gasteiger partial charge in [0.15, 0.2) is 0 Å². The van der Waals surface area contributed by atoms with Crippen LogP contribution in [0.5, 0.6) is 6.01 Å². The van der Waals surface area contributed by atoms with E-state index in [1.807, 2.05) is 18.4 Å². The van der Waals surface area contributed by atoms with Crippen molar-refractivity contribution in [3.8, 4) is 17.3 Å². The molecule has 1 atom stereocenters. The van der Waals surface area contributed by atoms with Gasteiger partial charge in [-0.05, 0) is 59.7 Å². The number of carboxylic acid groups (broad SMARTS) is 1. The van der Waals surface area contributed by atoms with Crippen molar-refractivity contribution in [1.82, 2.24) is 19.5 Å². The van der Waals surface area contributed by atoms with E-state index < -0.39 is 17.6 Å². The van der Waals surface area contributed by atoms with Crippen LogP contribution in [0.3, 0.4) is 0 Å². The molecule has 1 aliphatic rings. The number of carboxylic acids is 1. The lowest BCUT2D eigenvalue weighted by Gasteiger charge is -2.28. The van der Waals surface area contributed by atoms with Crippen LogP contribution in [0.2, 0.25) is 5.02 Å². The first-order chi connectivity index (χ1) is 20.6. The topological polar surface area (TPSA) is 99.4 Å². The quantitative estimate of drug-likeness (QED) is 0.206. The molecule has 43 heavy (non-hydrogen) atoms. The monoisotopic (exact) mass is 604 g/mol. The minimum absolute atomic E-state index is 0.0205. The summed E-state index contributed by atoms with van der Waals surface area (Å²) in [6, 6.07) is 15.3. The normalized spacial score (nSPS) is 16.1. The lowest BCUT2D eigenvalue weighted by atomic mass is 9.87. The molecule has 0 aliphatic carbocycles. The van der Waals surface area contributed by atoms with Gasteiger partial charge in [0.2, 0.25) is 0 Å². The maximum atomic E-state index is 15.6. The number of hydrogen-bond acceptors (Lipinski definition) is 6. The number of benzene rings is 3. The zero-order valence-corrected chi connectivity index (χ0v) is 24.1. The number of halogens is 3. The number of rotatable bonds is 8. The van der Waals surface area contributed by atoms with Gasteiger partial charge in [-0.2, -0.15) is 4.98 Å². The molecule has 0 spiro atoms. The largest absolute Gasteiger partial charge is 0.478 e. The molecule has 0 radical (unpaired) electrons. The van der Waals surface area contributed by atoms with Crippen LogP contribution in [-0.4, -0.2) is 43.8 Å². The molecule has 11 heteroatoms. The van der Waals surface area contributed by atoms with Crippen molar-refractivity contribution in [2.24, 2.45) is 5.41 Å². The highest BCUT2D eigenvalue weighted by atomic mass is 35.5. The van der Waals surface area contributed by atoms with Crippen molar-refractivity contribution >= 4 is 28.6 Å². The maximum absolute atomic E-state index is 15.6.